The second-order valence-electron chi connectivity index (χ2n) is 3.17. The van der Waals surface area contributed by atoms with Crippen molar-refractivity contribution in [2.24, 2.45) is 0 Å². The topological polar surface area (TPSA) is 129 Å². The molecule has 0 aromatic heterocycles. The largest absolute Gasteiger partial charge is 0.449 e. The van der Waals surface area contributed by atoms with E-state index in [4.69, 9.17) is 5.73 Å². The summed E-state index contributed by atoms with van der Waals surface area (Å²) in [4.78, 5) is 29.6. The molecule has 0 saturated heterocycles. The highest BCUT2D eigenvalue weighted by atomic mass is 79.9. The number of nitro groups is 2. The third kappa shape index (κ3) is 2.59. The van der Waals surface area contributed by atoms with Gasteiger partial charge in [-0.2, -0.15) is 0 Å². The maximum Gasteiger partial charge on any atom is 0.449 e. The van der Waals surface area contributed by atoms with Gasteiger partial charge >= 0.3 is 11.6 Å². The van der Waals surface area contributed by atoms with Crippen molar-refractivity contribution in [1.29, 1.82) is 0 Å². The van der Waals surface area contributed by atoms with Gasteiger partial charge in [-0.1, -0.05) is 0 Å². The van der Waals surface area contributed by atoms with Crippen LogP contribution in [0.3, 0.4) is 0 Å². The molecular weight excluding hydrogens is 317 g/mol. The molecule has 1 aromatic carbocycles. The molecule has 0 aliphatic heterocycles. The lowest BCUT2D eigenvalue weighted by Gasteiger charge is -2.06. The Morgan fingerprint density at radius 3 is 2.44 bits per heavy atom. The average Bonchev–Trinajstić information content (AvgIpc) is 2.22. The lowest BCUT2D eigenvalue weighted by Crippen LogP contribution is -2.16. The Bertz CT molecular complexity index is 562. The zero-order valence-corrected chi connectivity index (χ0v) is 10.1. The first-order valence-electron chi connectivity index (χ1n) is 4.33. The van der Waals surface area contributed by atoms with Crippen LogP contribution in [-0.4, -0.2) is 15.8 Å². The van der Waals surface area contributed by atoms with E-state index in [-0.39, 0.29) is 4.47 Å². The predicted octanol–water partition coefficient (Wildman–Crippen LogP) is 1.42. The van der Waals surface area contributed by atoms with E-state index >= 15 is 0 Å². The summed E-state index contributed by atoms with van der Waals surface area (Å²) in [5.74, 6) is -2.53. The van der Waals surface area contributed by atoms with E-state index in [9.17, 15) is 29.4 Å². The number of halogens is 2. The Morgan fingerprint density at radius 2 is 2.00 bits per heavy atom. The van der Waals surface area contributed by atoms with Crippen LogP contribution in [0.15, 0.2) is 10.5 Å². The molecule has 0 spiro atoms. The minimum absolute atomic E-state index is 0.209. The summed E-state index contributed by atoms with van der Waals surface area (Å²) in [6.45, 7) is 0. The van der Waals surface area contributed by atoms with E-state index in [1.54, 1.807) is 0 Å². The van der Waals surface area contributed by atoms with E-state index in [0.717, 1.165) is 6.07 Å². The van der Waals surface area contributed by atoms with Crippen LogP contribution in [0.2, 0.25) is 0 Å². The van der Waals surface area contributed by atoms with Gasteiger partial charge in [0.25, 0.3) is 0 Å². The number of rotatable bonds is 3. The van der Waals surface area contributed by atoms with Gasteiger partial charge in [-0.3, -0.25) is 20.2 Å². The first-order chi connectivity index (χ1) is 8.25. The van der Waals surface area contributed by atoms with E-state index in [0.29, 0.717) is 0 Å². The second-order valence-corrected chi connectivity index (χ2v) is 4.02. The Balaban J connectivity index is 3.36. The summed E-state index contributed by atoms with van der Waals surface area (Å²) in [6.07, 6.45) is -0.946. The number of anilines is 1. The maximum atomic E-state index is 13.5. The summed E-state index contributed by atoms with van der Waals surface area (Å²) >= 11 is 2.75. The molecule has 1 aromatic rings. The van der Waals surface area contributed by atoms with Gasteiger partial charge in [0, 0.05) is 5.56 Å². The van der Waals surface area contributed by atoms with Crippen molar-refractivity contribution < 1.29 is 19.0 Å². The third-order valence-corrected chi connectivity index (χ3v) is 2.67. The lowest BCUT2D eigenvalue weighted by molar-refractivity contribution is -0.401. The number of nitro benzene ring substituents is 1. The van der Waals surface area contributed by atoms with Gasteiger partial charge in [-0.25, -0.2) is 9.18 Å². The number of nitrogen functional groups attached to an aromatic ring is 1. The number of carbonyl (C=O) groups excluding carboxylic acids is 1. The summed E-state index contributed by atoms with van der Waals surface area (Å²) in [6, 6.07) is 0.733. The van der Waals surface area contributed by atoms with Crippen LogP contribution in [0.4, 0.5) is 15.8 Å². The molecule has 0 aliphatic rings. The SMILES string of the molecule is Nc1c(CC(=O)[N+](=O)[O-])c(F)cc(Br)c1[N+](=O)[O-]. The highest BCUT2D eigenvalue weighted by Crippen LogP contribution is 2.35. The zero-order chi connectivity index (χ0) is 14.0. The van der Waals surface area contributed by atoms with E-state index in [1.165, 1.54) is 0 Å². The molecule has 96 valence electrons. The summed E-state index contributed by atoms with van der Waals surface area (Å²) in [5.41, 5.74) is 3.54. The minimum Gasteiger partial charge on any atom is -0.393 e. The van der Waals surface area contributed by atoms with Crippen molar-refractivity contribution in [3.63, 3.8) is 0 Å². The molecule has 0 atom stereocenters. The van der Waals surface area contributed by atoms with Crippen LogP contribution in [0.1, 0.15) is 5.56 Å². The molecule has 8 nitrogen and oxygen atoms in total. The average molecular weight is 322 g/mol. The normalized spacial score (nSPS) is 10.1. The van der Waals surface area contributed by atoms with Crippen LogP contribution in [0, 0.1) is 26.0 Å². The highest BCUT2D eigenvalue weighted by Gasteiger charge is 2.27. The number of hydrogen-bond acceptors (Lipinski definition) is 6. The van der Waals surface area contributed by atoms with Gasteiger partial charge < -0.3 is 5.73 Å². The van der Waals surface area contributed by atoms with E-state index in [1.807, 2.05) is 0 Å². The van der Waals surface area contributed by atoms with Crippen LogP contribution in [0.5, 0.6) is 0 Å². The fraction of sp³-hybridized carbons (Fsp3) is 0.125. The van der Waals surface area contributed by atoms with Crippen molar-refractivity contribution in [2.75, 3.05) is 5.73 Å². The van der Waals surface area contributed by atoms with Gasteiger partial charge in [-0.05, 0) is 22.0 Å². The van der Waals surface area contributed by atoms with Gasteiger partial charge in [0.1, 0.15) is 27.3 Å². The Labute approximate surface area is 107 Å². The van der Waals surface area contributed by atoms with Gasteiger partial charge in [0.15, 0.2) is 0 Å². The van der Waals surface area contributed by atoms with Gasteiger partial charge in [0.05, 0.1) is 4.92 Å². The molecule has 0 fully saturated rings. The van der Waals surface area contributed by atoms with Crippen molar-refractivity contribution in [1.82, 2.24) is 0 Å². The second kappa shape index (κ2) is 5.04. The standard InChI is InChI=1S/C8H5BrFN3O5/c9-4-2-5(10)3(1-6(14)12(15)16)7(11)8(4)13(17)18/h2H,1,11H2. The smallest absolute Gasteiger partial charge is 0.393 e. The molecule has 2 N–H and O–H groups in total. The molecule has 0 aliphatic carbocycles. The summed E-state index contributed by atoms with van der Waals surface area (Å²) < 4.78 is 13.3. The molecular formula is C8H5BrFN3O5. The quantitative estimate of drug-likeness (QED) is 0.509. The molecule has 0 heterocycles. The monoisotopic (exact) mass is 321 g/mol. The Morgan fingerprint density at radius 1 is 1.44 bits per heavy atom. The maximum absolute atomic E-state index is 13.5. The summed E-state index contributed by atoms with van der Waals surface area (Å²) in [5, 5.41) is 20.8. The number of nitrogens with two attached hydrogens (primary N) is 1. The van der Waals surface area contributed by atoms with Gasteiger partial charge in [-0.15, -0.1) is 0 Å². The molecule has 0 unspecified atom stereocenters. The molecule has 0 saturated carbocycles. The summed E-state index contributed by atoms with van der Waals surface area (Å²) in [7, 11) is 0. The van der Waals surface area contributed by atoms with E-state index in [2.05, 4.69) is 15.9 Å². The molecule has 1 rings (SSSR count). The zero-order valence-electron chi connectivity index (χ0n) is 8.55. The minimum atomic E-state index is -1.50. The molecule has 0 radical (unpaired) electrons. The first kappa shape index (κ1) is 14.0. The van der Waals surface area contributed by atoms with Crippen LogP contribution < -0.4 is 5.73 Å². The highest BCUT2D eigenvalue weighted by molar-refractivity contribution is 9.10. The number of carbonyl (C=O) groups is 1. The van der Waals surface area contributed by atoms with Crippen LogP contribution in [0.25, 0.3) is 0 Å². The van der Waals surface area contributed by atoms with Crippen molar-refractivity contribution >= 4 is 33.2 Å². The molecule has 10 heteroatoms. The van der Waals surface area contributed by atoms with Gasteiger partial charge in [0.2, 0.25) is 0 Å². The fourth-order valence-corrected chi connectivity index (χ4v) is 1.81. The first-order valence-corrected chi connectivity index (χ1v) is 5.13. The third-order valence-electron chi connectivity index (χ3n) is 2.06. The number of nitrogens with zero attached hydrogens (tertiary/aromatic N) is 2. The molecule has 1 amide bonds. The fourth-order valence-electron chi connectivity index (χ4n) is 1.25. The number of benzene rings is 1. The predicted molar refractivity (Wildman–Crippen MR) is 60.9 cm³/mol. The Kier molecular flexibility index (Phi) is 3.91. The van der Waals surface area contributed by atoms with Crippen LogP contribution >= 0.6 is 15.9 Å². The molecule has 18 heavy (non-hydrogen) atoms. The van der Waals surface area contributed by atoms with Crippen molar-refractivity contribution in [3.8, 4) is 0 Å². The van der Waals surface area contributed by atoms with E-state index < -0.39 is 44.9 Å². The van der Waals surface area contributed by atoms with Crippen molar-refractivity contribution in [2.45, 2.75) is 6.42 Å². The van der Waals surface area contributed by atoms with Crippen molar-refractivity contribution in [3.05, 3.63) is 42.1 Å². The number of hydrogen-bond donors (Lipinski definition) is 1. The van der Waals surface area contributed by atoms with Crippen LogP contribution in [-0.2, 0) is 11.2 Å². The Hall–Kier alpha value is -2.10. The number of amides is 1. The molecule has 0 bridgehead atoms. The lowest BCUT2D eigenvalue weighted by atomic mass is 10.1.